The van der Waals surface area contributed by atoms with Gasteiger partial charge in [-0.3, -0.25) is 14.4 Å². The van der Waals surface area contributed by atoms with Crippen LogP contribution >= 0.6 is 0 Å². The number of piperidine rings is 1. The van der Waals surface area contributed by atoms with Crippen LogP contribution in [0.15, 0.2) is 0 Å². The van der Waals surface area contributed by atoms with Crippen molar-refractivity contribution in [3.8, 4) is 0 Å². The normalized spacial score (nSPS) is 24.4. The molecular formula is C17H32N4O4. The molecule has 0 spiro atoms. The quantitative estimate of drug-likeness (QED) is 0.458. The van der Waals surface area contributed by atoms with E-state index in [-0.39, 0.29) is 31.1 Å². The Balaban J connectivity index is 3.82. The van der Waals surface area contributed by atoms with Crippen molar-refractivity contribution in [3.05, 3.63) is 0 Å². The molecule has 1 rings (SSSR count). The Morgan fingerprint density at radius 2 is 1.80 bits per heavy atom. The van der Waals surface area contributed by atoms with Crippen molar-refractivity contribution < 1.29 is 19.6 Å². The van der Waals surface area contributed by atoms with E-state index in [0.717, 1.165) is 0 Å². The first-order chi connectivity index (χ1) is 11.4. The zero-order chi connectivity index (χ0) is 19.6. The number of carbonyl (C=O) groups excluding carboxylic acids is 3. The summed E-state index contributed by atoms with van der Waals surface area (Å²) < 4.78 is 0. The monoisotopic (exact) mass is 356 g/mol. The number of hydrogen-bond donors (Lipinski definition) is 3. The van der Waals surface area contributed by atoms with E-state index in [4.69, 9.17) is 0 Å². The number of ketones is 1. The first-order valence-electron chi connectivity index (χ1n) is 8.49. The molecule has 8 heteroatoms. The molecule has 144 valence electrons. The summed E-state index contributed by atoms with van der Waals surface area (Å²) >= 11 is 0. The predicted molar refractivity (Wildman–Crippen MR) is 94.1 cm³/mol. The van der Waals surface area contributed by atoms with E-state index in [1.54, 1.807) is 6.92 Å². The Hall–Kier alpha value is -1.51. The van der Waals surface area contributed by atoms with Crippen LogP contribution in [0.4, 0.5) is 0 Å². The largest absolute Gasteiger partial charge is 0.357 e. The van der Waals surface area contributed by atoms with Gasteiger partial charge in [0.15, 0.2) is 11.3 Å². The zero-order valence-electron chi connectivity index (χ0n) is 16.4. The molecule has 25 heavy (non-hydrogen) atoms. The predicted octanol–water partition coefficient (Wildman–Crippen LogP) is 0.00790. The van der Waals surface area contributed by atoms with E-state index in [0.29, 0.717) is 6.54 Å². The molecule has 0 unspecified atom stereocenters. The van der Waals surface area contributed by atoms with Gasteiger partial charge in [0.25, 0.3) is 5.91 Å². The molecule has 3 N–H and O–H groups in total. The fourth-order valence-corrected chi connectivity index (χ4v) is 4.16. The molecule has 0 aromatic heterocycles. The number of hydrogen-bond acceptors (Lipinski definition) is 6. The van der Waals surface area contributed by atoms with Gasteiger partial charge in [0.1, 0.15) is 0 Å². The second-order valence-electron chi connectivity index (χ2n) is 8.25. The number of likely N-dealkylation sites (N-methyl/N-ethyl adjacent to an activating group) is 1. The van der Waals surface area contributed by atoms with Crippen molar-refractivity contribution >= 4 is 17.6 Å². The van der Waals surface area contributed by atoms with Gasteiger partial charge in [0.05, 0.1) is 0 Å². The third-order valence-corrected chi connectivity index (χ3v) is 4.79. The molecule has 2 atom stereocenters. The molecular weight excluding hydrogens is 324 g/mol. The Labute approximate surface area is 149 Å². The lowest BCUT2D eigenvalue weighted by atomic mass is 9.62. The fraction of sp³-hybridized carbons (Fsp3) is 0.824. The van der Waals surface area contributed by atoms with Gasteiger partial charge in [-0.1, -0.05) is 6.92 Å². The van der Waals surface area contributed by atoms with Crippen LogP contribution in [-0.4, -0.2) is 77.9 Å². The van der Waals surface area contributed by atoms with Gasteiger partial charge >= 0.3 is 0 Å². The van der Waals surface area contributed by atoms with Crippen LogP contribution in [0.25, 0.3) is 0 Å². The van der Waals surface area contributed by atoms with Crippen LogP contribution in [0, 0.1) is 5.41 Å². The highest BCUT2D eigenvalue weighted by molar-refractivity contribution is 6.16. The van der Waals surface area contributed by atoms with Gasteiger partial charge < -0.3 is 20.3 Å². The molecule has 1 fully saturated rings. The van der Waals surface area contributed by atoms with Crippen LogP contribution in [-0.2, 0) is 14.4 Å². The van der Waals surface area contributed by atoms with Crippen molar-refractivity contribution in [3.63, 3.8) is 0 Å². The second-order valence-corrected chi connectivity index (χ2v) is 8.25. The van der Waals surface area contributed by atoms with Crippen molar-refractivity contribution in [2.24, 2.45) is 5.41 Å². The number of nitrogens with zero attached hydrogens (tertiary/aromatic N) is 2. The molecule has 1 aliphatic heterocycles. The van der Waals surface area contributed by atoms with Gasteiger partial charge in [0, 0.05) is 43.9 Å². The average Bonchev–Trinajstić information content (AvgIpc) is 2.46. The number of hydroxylamine groups is 1. The number of Topliss-reactive ketones (excluding diaryl/α,β-unsaturated/α-hetero) is 1. The fourth-order valence-electron chi connectivity index (χ4n) is 4.16. The molecule has 1 heterocycles. The van der Waals surface area contributed by atoms with Crippen LogP contribution in [0.2, 0.25) is 0 Å². The summed E-state index contributed by atoms with van der Waals surface area (Å²) in [5.74, 6) is -1.07. The smallest absolute Gasteiger partial charge is 0.254 e. The zero-order valence-corrected chi connectivity index (χ0v) is 16.4. The van der Waals surface area contributed by atoms with Gasteiger partial charge in [-0.25, -0.2) is 5.48 Å². The van der Waals surface area contributed by atoms with E-state index in [1.165, 1.54) is 11.9 Å². The van der Waals surface area contributed by atoms with Crippen molar-refractivity contribution in [2.45, 2.75) is 51.6 Å². The van der Waals surface area contributed by atoms with Gasteiger partial charge in [-0.05, 0) is 34.9 Å². The number of carbonyl (C=O) groups is 3. The van der Waals surface area contributed by atoms with E-state index in [9.17, 15) is 19.6 Å². The van der Waals surface area contributed by atoms with E-state index >= 15 is 0 Å². The summed E-state index contributed by atoms with van der Waals surface area (Å²) in [7, 11) is 5.10. The lowest BCUT2D eigenvalue weighted by Gasteiger charge is -2.58. The highest BCUT2D eigenvalue weighted by Crippen LogP contribution is 2.45. The molecule has 0 aromatic carbocycles. The van der Waals surface area contributed by atoms with E-state index in [1.807, 2.05) is 39.8 Å². The number of amides is 2. The van der Waals surface area contributed by atoms with Crippen LogP contribution < -0.4 is 10.8 Å². The topological polar surface area (TPSA) is 102 Å². The second kappa shape index (κ2) is 7.39. The van der Waals surface area contributed by atoms with Gasteiger partial charge in [0.2, 0.25) is 5.91 Å². The lowest BCUT2D eigenvalue weighted by Crippen LogP contribution is -2.79. The summed E-state index contributed by atoms with van der Waals surface area (Å²) in [4.78, 5) is 42.5. The maximum Gasteiger partial charge on any atom is 0.254 e. The molecule has 0 aliphatic carbocycles. The summed E-state index contributed by atoms with van der Waals surface area (Å²) in [5.41, 5.74) is -1.38. The molecule has 1 aliphatic rings. The molecule has 0 aromatic rings. The summed E-state index contributed by atoms with van der Waals surface area (Å²) in [5, 5.41) is 12.0. The first kappa shape index (κ1) is 21.5. The highest BCUT2D eigenvalue weighted by Gasteiger charge is 2.66. The number of likely N-dealkylation sites (tertiary alicyclic amines) is 1. The third kappa shape index (κ3) is 3.56. The Morgan fingerprint density at radius 3 is 2.20 bits per heavy atom. The van der Waals surface area contributed by atoms with Gasteiger partial charge in [-0.2, -0.15) is 0 Å². The summed E-state index contributed by atoms with van der Waals surface area (Å²) in [6, 6.07) is 0. The summed E-state index contributed by atoms with van der Waals surface area (Å²) in [6.07, 6.45) is 0.0900. The van der Waals surface area contributed by atoms with Crippen molar-refractivity contribution in [1.82, 2.24) is 20.6 Å². The number of rotatable bonds is 6. The minimum Gasteiger partial charge on any atom is -0.357 e. The molecule has 0 saturated carbocycles. The Morgan fingerprint density at radius 1 is 1.24 bits per heavy atom. The molecule has 0 radical (unpaired) electrons. The maximum atomic E-state index is 13.2. The Kier molecular flexibility index (Phi) is 6.36. The third-order valence-electron chi connectivity index (χ3n) is 4.79. The average molecular weight is 356 g/mol. The van der Waals surface area contributed by atoms with Crippen LogP contribution in [0.3, 0.4) is 0 Å². The van der Waals surface area contributed by atoms with Crippen LogP contribution in [0.5, 0.6) is 0 Å². The number of nitrogens with one attached hydrogen (secondary N) is 2. The lowest BCUT2D eigenvalue weighted by molar-refractivity contribution is -0.181. The van der Waals surface area contributed by atoms with Crippen LogP contribution in [0.1, 0.15) is 40.5 Å². The molecule has 1 saturated heterocycles. The standard InChI is InChI=1S/C17H32N4O4/c1-15(2,3)21-13(23)9-8-12(22)17(21,14(24)18-5)16(4,10-19-25)11-20(6)7/h19,25H,8-11H2,1-7H3,(H,18,24)/t16-,17-/m0/s1. The van der Waals surface area contributed by atoms with Crippen molar-refractivity contribution in [1.29, 1.82) is 0 Å². The SMILES string of the molecule is CNC(=O)[C@]1([C@@](C)(CNO)CN(C)C)C(=O)CCC(=O)N1C(C)(C)C. The minimum atomic E-state index is -1.71. The van der Waals surface area contributed by atoms with Crippen molar-refractivity contribution in [2.75, 3.05) is 34.2 Å². The Bertz CT molecular complexity index is 533. The molecule has 2 amide bonds. The molecule has 8 nitrogen and oxygen atoms in total. The summed E-state index contributed by atoms with van der Waals surface area (Å²) in [6.45, 7) is 7.47. The maximum absolute atomic E-state index is 13.2. The van der Waals surface area contributed by atoms with E-state index in [2.05, 4.69) is 10.8 Å². The molecule has 0 bridgehead atoms. The minimum absolute atomic E-state index is 0.00722. The first-order valence-corrected chi connectivity index (χ1v) is 8.49. The van der Waals surface area contributed by atoms with Gasteiger partial charge in [-0.15, -0.1) is 0 Å². The van der Waals surface area contributed by atoms with E-state index < -0.39 is 22.4 Å². The highest BCUT2D eigenvalue weighted by atomic mass is 16.5.